The molecule has 2 atom stereocenters. The van der Waals surface area contributed by atoms with E-state index in [-0.39, 0.29) is 5.92 Å². The first kappa shape index (κ1) is 11.2. The van der Waals surface area contributed by atoms with Gasteiger partial charge < -0.3 is 9.79 Å². The lowest BCUT2D eigenvalue weighted by Crippen LogP contribution is -2.31. The van der Waals surface area contributed by atoms with E-state index in [2.05, 4.69) is 0 Å². The van der Waals surface area contributed by atoms with Gasteiger partial charge in [-0.1, -0.05) is 19.8 Å². The van der Waals surface area contributed by atoms with E-state index in [1.807, 2.05) is 6.92 Å². The first-order chi connectivity index (χ1) is 5.87. The van der Waals surface area contributed by atoms with Crippen LogP contribution in [0.25, 0.3) is 0 Å². The van der Waals surface area contributed by atoms with Crippen molar-refractivity contribution in [2.24, 2.45) is 5.92 Å². The van der Waals surface area contributed by atoms with Crippen molar-refractivity contribution < 1.29 is 18.9 Å². The fourth-order valence-electron chi connectivity index (χ4n) is 2.24. The molecule has 1 aliphatic rings. The normalized spacial score (nSPS) is 35.2. The molecule has 0 aliphatic heterocycles. The average Bonchev–Trinajstić information content (AvgIpc) is 2.26. The topological polar surface area (TPSA) is 66.8 Å². The molecule has 0 aromatic carbocycles. The molecular weight excluding hydrogens is 191 g/mol. The molecule has 0 heterocycles. The third kappa shape index (κ3) is 2.78. The molecule has 0 amide bonds. The summed E-state index contributed by atoms with van der Waals surface area (Å²) in [6.45, 7) is 3.82. The maximum Gasteiger partial charge on any atom is 0.470 e. The molecule has 1 fully saturated rings. The van der Waals surface area contributed by atoms with Gasteiger partial charge in [-0.2, -0.15) is 0 Å². The standard InChI is InChI=1S/C8H17O4P/c1-3-7-5-4-6-8(7,2)12-13(9,10)11/h7H,3-6H2,1-2H3,(H2,9,10,11). The number of phosphoric ester groups is 1. The summed E-state index contributed by atoms with van der Waals surface area (Å²) in [5.74, 6) is 0.278. The van der Waals surface area contributed by atoms with Crippen LogP contribution in [0.4, 0.5) is 0 Å². The third-order valence-electron chi connectivity index (χ3n) is 2.91. The Kier molecular flexibility index (Phi) is 3.18. The van der Waals surface area contributed by atoms with Crippen LogP contribution >= 0.6 is 7.82 Å². The van der Waals surface area contributed by atoms with Crippen LogP contribution in [0.2, 0.25) is 0 Å². The zero-order valence-electron chi connectivity index (χ0n) is 8.06. The lowest BCUT2D eigenvalue weighted by atomic mass is 9.91. The molecule has 0 bridgehead atoms. The maximum atomic E-state index is 10.7. The van der Waals surface area contributed by atoms with Crippen molar-refractivity contribution >= 4 is 7.82 Å². The summed E-state index contributed by atoms with van der Waals surface area (Å²) in [7, 11) is -4.33. The average molecular weight is 208 g/mol. The first-order valence-corrected chi connectivity index (χ1v) is 6.17. The molecule has 5 heteroatoms. The van der Waals surface area contributed by atoms with Gasteiger partial charge in [0.15, 0.2) is 0 Å². The largest absolute Gasteiger partial charge is 0.470 e. The maximum absolute atomic E-state index is 10.7. The molecule has 2 N–H and O–H groups in total. The van der Waals surface area contributed by atoms with Crippen molar-refractivity contribution in [2.75, 3.05) is 0 Å². The molecule has 0 radical (unpaired) electrons. The van der Waals surface area contributed by atoms with Crippen LogP contribution in [0.15, 0.2) is 0 Å². The summed E-state index contributed by atoms with van der Waals surface area (Å²) >= 11 is 0. The quantitative estimate of drug-likeness (QED) is 0.696. The SMILES string of the molecule is CCC1CCCC1(C)OP(=O)(O)O. The second-order valence-corrected chi connectivity index (χ2v) is 5.06. The van der Waals surface area contributed by atoms with E-state index in [1.165, 1.54) is 0 Å². The van der Waals surface area contributed by atoms with E-state index in [4.69, 9.17) is 14.3 Å². The summed E-state index contributed by atoms with van der Waals surface area (Å²) in [6, 6.07) is 0. The molecule has 78 valence electrons. The lowest BCUT2D eigenvalue weighted by molar-refractivity contribution is 0.0163. The summed E-state index contributed by atoms with van der Waals surface area (Å²) in [5.41, 5.74) is -0.617. The summed E-state index contributed by atoms with van der Waals surface area (Å²) < 4.78 is 15.6. The molecule has 0 aromatic heterocycles. The van der Waals surface area contributed by atoms with Gasteiger partial charge in [0, 0.05) is 0 Å². The van der Waals surface area contributed by atoms with E-state index in [9.17, 15) is 4.57 Å². The second kappa shape index (κ2) is 3.70. The Morgan fingerprint density at radius 3 is 2.69 bits per heavy atom. The highest BCUT2D eigenvalue weighted by atomic mass is 31.2. The number of hydrogen-bond acceptors (Lipinski definition) is 2. The van der Waals surface area contributed by atoms with Crippen molar-refractivity contribution in [3.05, 3.63) is 0 Å². The van der Waals surface area contributed by atoms with Gasteiger partial charge in [0.05, 0.1) is 5.60 Å². The van der Waals surface area contributed by atoms with Gasteiger partial charge >= 0.3 is 7.82 Å². The summed E-state index contributed by atoms with van der Waals surface area (Å²) in [6.07, 6.45) is 3.66. The fraction of sp³-hybridized carbons (Fsp3) is 1.00. The lowest BCUT2D eigenvalue weighted by Gasteiger charge is -2.30. The molecule has 0 saturated heterocycles. The Hall–Kier alpha value is 0.110. The van der Waals surface area contributed by atoms with Gasteiger partial charge in [-0.3, -0.25) is 4.52 Å². The van der Waals surface area contributed by atoms with Crippen molar-refractivity contribution in [2.45, 2.75) is 45.1 Å². The van der Waals surface area contributed by atoms with Gasteiger partial charge in [-0.15, -0.1) is 0 Å². The highest BCUT2D eigenvalue weighted by Crippen LogP contribution is 2.50. The molecule has 1 aliphatic carbocycles. The van der Waals surface area contributed by atoms with Gasteiger partial charge in [0.25, 0.3) is 0 Å². The molecule has 0 aromatic rings. The predicted molar refractivity (Wildman–Crippen MR) is 49.2 cm³/mol. The Balaban J connectivity index is 2.69. The third-order valence-corrected chi connectivity index (χ3v) is 3.56. The van der Waals surface area contributed by atoms with E-state index in [0.29, 0.717) is 0 Å². The first-order valence-electron chi connectivity index (χ1n) is 4.64. The fourth-order valence-corrected chi connectivity index (χ4v) is 3.02. The number of phosphoric acid groups is 1. The Labute approximate surface area is 78.5 Å². The molecule has 1 rings (SSSR count). The van der Waals surface area contributed by atoms with Crippen molar-refractivity contribution in [1.82, 2.24) is 0 Å². The van der Waals surface area contributed by atoms with Crippen molar-refractivity contribution in [3.63, 3.8) is 0 Å². The van der Waals surface area contributed by atoms with Gasteiger partial charge in [0.1, 0.15) is 0 Å². The summed E-state index contributed by atoms with van der Waals surface area (Å²) in [4.78, 5) is 17.5. The number of hydrogen-bond donors (Lipinski definition) is 2. The zero-order chi connectivity index (χ0) is 10.1. The van der Waals surface area contributed by atoms with Gasteiger partial charge in [-0.25, -0.2) is 4.57 Å². The van der Waals surface area contributed by atoms with Crippen LogP contribution in [0.5, 0.6) is 0 Å². The molecule has 0 spiro atoms. The Morgan fingerprint density at radius 1 is 1.62 bits per heavy atom. The van der Waals surface area contributed by atoms with Crippen LogP contribution in [0.1, 0.15) is 39.5 Å². The van der Waals surface area contributed by atoms with Crippen LogP contribution in [0.3, 0.4) is 0 Å². The van der Waals surface area contributed by atoms with E-state index < -0.39 is 13.4 Å². The minimum atomic E-state index is -4.33. The highest BCUT2D eigenvalue weighted by molar-refractivity contribution is 7.46. The van der Waals surface area contributed by atoms with Crippen LogP contribution in [-0.2, 0) is 9.09 Å². The van der Waals surface area contributed by atoms with E-state index in [1.54, 1.807) is 6.92 Å². The summed E-state index contributed by atoms with van der Waals surface area (Å²) in [5, 5.41) is 0. The molecule has 4 nitrogen and oxygen atoms in total. The van der Waals surface area contributed by atoms with Gasteiger partial charge in [-0.05, 0) is 25.7 Å². The number of rotatable bonds is 3. The monoisotopic (exact) mass is 208 g/mol. The molecule has 2 unspecified atom stereocenters. The molecule has 1 saturated carbocycles. The molecular formula is C8H17O4P. The van der Waals surface area contributed by atoms with Crippen LogP contribution < -0.4 is 0 Å². The van der Waals surface area contributed by atoms with Crippen LogP contribution in [0, 0.1) is 5.92 Å². The Bertz CT molecular complexity index is 224. The smallest absolute Gasteiger partial charge is 0.303 e. The van der Waals surface area contributed by atoms with E-state index in [0.717, 1.165) is 25.7 Å². The zero-order valence-corrected chi connectivity index (χ0v) is 8.96. The predicted octanol–water partition coefficient (Wildman–Crippen LogP) is 2.06. The molecule has 13 heavy (non-hydrogen) atoms. The highest BCUT2D eigenvalue weighted by Gasteiger charge is 2.43. The second-order valence-electron chi connectivity index (χ2n) is 3.89. The van der Waals surface area contributed by atoms with Gasteiger partial charge in [0.2, 0.25) is 0 Å². The van der Waals surface area contributed by atoms with Crippen molar-refractivity contribution in [1.29, 1.82) is 0 Å². The van der Waals surface area contributed by atoms with Crippen molar-refractivity contribution in [3.8, 4) is 0 Å². The van der Waals surface area contributed by atoms with Crippen LogP contribution in [-0.4, -0.2) is 15.4 Å². The van der Waals surface area contributed by atoms with E-state index >= 15 is 0 Å². The minimum Gasteiger partial charge on any atom is -0.303 e. The minimum absolute atomic E-state index is 0.278. The Morgan fingerprint density at radius 2 is 2.23 bits per heavy atom.